The Bertz CT molecular complexity index is 718. The first-order valence-electron chi connectivity index (χ1n) is 8.52. The van der Waals surface area contributed by atoms with Gasteiger partial charge in [0, 0.05) is 28.4 Å². The zero-order valence-corrected chi connectivity index (χ0v) is 16.2. The van der Waals surface area contributed by atoms with Crippen molar-refractivity contribution >= 4 is 12.0 Å². The number of nitriles is 1. The number of ether oxygens (including phenoxy) is 5. The monoisotopic (exact) mass is 375 g/mol. The van der Waals surface area contributed by atoms with E-state index >= 15 is 0 Å². The summed E-state index contributed by atoms with van der Waals surface area (Å²) >= 11 is 0. The summed E-state index contributed by atoms with van der Waals surface area (Å²) < 4.78 is 27.5. The zero-order valence-electron chi connectivity index (χ0n) is 16.2. The maximum absolute atomic E-state index is 12.9. The minimum atomic E-state index is -1.82. The molecule has 7 heteroatoms. The van der Waals surface area contributed by atoms with Crippen molar-refractivity contribution in [3.05, 3.63) is 42.0 Å². The summed E-state index contributed by atoms with van der Waals surface area (Å²) in [5.41, 5.74) is -0.925. The fraction of sp³-hybridized carbons (Fsp3) is 0.500. The van der Waals surface area contributed by atoms with Crippen LogP contribution in [0.3, 0.4) is 0 Å². The molecule has 1 saturated carbocycles. The number of hydrogen-bond acceptors (Lipinski definition) is 7. The second-order valence-corrected chi connectivity index (χ2v) is 5.99. The van der Waals surface area contributed by atoms with Gasteiger partial charge in [-0.15, -0.1) is 0 Å². The molecule has 1 aliphatic rings. The van der Waals surface area contributed by atoms with Crippen LogP contribution in [-0.2, 0) is 28.5 Å². The van der Waals surface area contributed by atoms with Crippen LogP contribution in [0.15, 0.2) is 36.4 Å². The second kappa shape index (κ2) is 8.19. The normalized spacial score (nSPS) is 25.6. The molecule has 0 radical (unpaired) electrons. The van der Waals surface area contributed by atoms with Gasteiger partial charge in [0.25, 0.3) is 5.79 Å². The number of rotatable bonds is 8. The Kier molecular flexibility index (Phi) is 6.39. The molecule has 0 bridgehead atoms. The van der Waals surface area contributed by atoms with E-state index in [1.165, 1.54) is 28.4 Å². The van der Waals surface area contributed by atoms with Gasteiger partial charge in [0.1, 0.15) is 0 Å². The van der Waals surface area contributed by atoms with Gasteiger partial charge in [0.15, 0.2) is 0 Å². The minimum absolute atomic E-state index is 0.105. The molecule has 0 N–H and O–H groups in total. The third-order valence-corrected chi connectivity index (χ3v) is 5.09. The van der Waals surface area contributed by atoms with Crippen LogP contribution < -0.4 is 0 Å². The maximum atomic E-state index is 12.9. The largest absolute Gasteiger partial charge is 0.465 e. The van der Waals surface area contributed by atoms with Gasteiger partial charge in [0.05, 0.1) is 18.6 Å². The van der Waals surface area contributed by atoms with Crippen LogP contribution >= 0.6 is 0 Å². The number of carbonyl (C=O) groups excluding carboxylic acids is 1. The van der Waals surface area contributed by atoms with Crippen LogP contribution in [0.4, 0.5) is 0 Å². The molecule has 1 fully saturated rings. The Morgan fingerprint density at radius 2 is 1.70 bits per heavy atom. The molecule has 1 aliphatic carbocycles. The standard InChI is InChI=1S/C20H25NO6/c1-6-27-17(22)18(14-21)16(13-12-15-10-8-7-9-11-15)19(23-2,24-3)20(18,25-4)26-5/h7-13,16H,6H2,1-5H3/b13-12-/t16-,18-/m0/s1. The highest BCUT2D eigenvalue weighted by Crippen LogP contribution is 2.66. The fourth-order valence-electron chi connectivity index (χ4n) is 3.92. The van der Waals surface area contributed by atoms with Gasteiger partial charge in [-0.1, -0.05) is 42.5 Å². The molecule has 0 spiro atoms. The van der Waals surface area contributed by atoms with Gasteiger partial charge in [-0.3, -0.25) is 4.79 Å². The highest BCUT2D eigenvalue weighted by Gasteiger charge is 2.88. The zero-order chi connectivity index (χ0) is 20.1. The summed E-state index contributed by atoms with van der Waals surface area (Å²) in [7, 11) is 5.48. The van der Waals surface area contributed by atoms with Crippen molar-refractivity contribution in [1.29, 1.82) is 5.26 Å². The van der Waals surface area contributed by atoms with Crippen LogP contribution in [-0.4, -0.2) is 52.6 Å². The van der Waals surface area contributed by atoms with Gasteiger partial charge in [0.2, 0.25) is 11.2 Å². The Morgan fingerprint density at radius 3 is 2.15 bits per heavy atom. The van der Waals surface area contributed by atoms with Crippen molar-refractivity contribution < 1.29 is 28.5 Å². The SMILES string of the molecule is CCOC(=O)[C@]1(C#N)[C@H](/C=C\c2ccccc2)C(OC)(OC)C1(OC)OC. The highest BCUT2D eigenvalue weighted by molar-refractivity contribution is 5.85. The van der Waals surface area contributed by atoms with Crippen molar-refractivity contribution in [2.24, 2.45) is 11.3 Å². The number of nitrogens with zero attached hydrogens (tertiary/aromatic N) is 1. The van der Waals surface area contributed by atoms with Crippen molar-refractivity contribution in [2.75, 3.05) is 35.0 Å². The molecule has 7 nitrogen and oxygen atoms in total. The lowest BCUT2D eigenvalue weighted by Crippen LogP contribution is -2.85. The number of esters is 1. The van der Waals surface area contributed by atoms with Crippen LogP contribution in [0.2, 0.25) is 0 Å². The lowest BCUT2D eigenvalue weighted by Gasteiger charge is -2.65. The Hall–Kier alpha value is -2.24. The van der Waals surface area contributed by atoms with E-state index in [-0.39, 0.29) is 6.61 Å². The first-order chi connectivity index (χ1) is 13.0. The Labute approximate surface area is 159 Å². The average Bonchev–Trinajstić information content (AvgIpc) is 2.70. The molecule has 1 aromatic carbocycles. The molecular weight excluding hydrogens is 350 g/mol. The molecule has 0 heterocycles. The van der Waals surface area contributed by atoms with E-state index in [1.54, 1.807) is 19.1 Å². The predicted octanol–water partition coefficient (Wildman–Crippen LogP) is 2.38. The first-order valence-corrected chi connectivity index (χ1v) is 8.52. The Balaban J connectivity index is 2.65. The average molecular weight is 375 g/mol. The minimum Gasteiger partial charge on any atom is -0.465 e. The van der Waals surface area contributed by atoms with Crippen LogP contribution in [0, 0.1) is 22.7 Å². The summed E-state index contributed by atoms with van der Waals surface area (Å²) in [5, 5.41) is 10.1. The van der Waals surface area contributed by atoms with E-state index in [0.717, 1.165) is 5.56 Å². The third kappa shape index (κ3) is 2.68. The van der Waals surface area contributed by atoms with Gasteiger partial charge in [-0.2, -0.15) is 5.26 Å². The predicted molar refractivity (Wildman–Crippen MR) is 97.1 cm³/mol. The second-order valence-electron chi connectivity index (χ2n) is 5.99. The van der Waals surface area contributed by atoms with Crippen LogP contribution in [0.1, 0.15) is 12.5 Å². The maximum Gasteiger partial charge on any atom is 0.333 e. The number of methoxy groups -OCH3 is 4. The van der Waals surface area contributed by atoms with Crippen molar-refractivity contribution in [3.63, 3.8) is 0 Å². The van der Waals surface area contributed by atoms with E-state index in [2.05, 4.69) is 6.07 Å². The van der Waals surface area contributed by atoms with Crippen molar-refractivity contribution in [3.8, 4) is 6.07 Å². The van der Waals surface area contributed by atoms with E-state index in [1.807, 2.05) is 30.3 Å². The topological polar surface area (TPSA) is 87.0 Å². The van der Waals surface area contributed by atoms with Gasteiger partial charge in [-0.05, 0) is 12.5 Å². The molecular formula is C20H25NO6. The lowest BCUT2D eigenvalue weighted by atomic mass is 9.50. The molecule has 2 atom stereocenters. The number of benzene rings is 1. The third-order valence-electron chi connectivity index (χ3n) is 5.09. The number of hydrogen-bond donors (Lipinski definition) is 0. The summed E-state index contributed by atoms with van der Waals surface area (Å²) in [6, 6.07) is 11.5. The van der Waals surface area contributed by atoms with Gasteiger partial charge >= 0.3 is 5.97 Å². The molecule has 0 aromatic heterocycles. The molecule has 146 valence electrons. The number of carbonyl (C=O) groups is 1. The summed E-state index contributed by atoms with van der Waals surface area (Å²) in [6.07, 6.45) is 3.48. The molecule has 0 aliphatic heterocycles. The summed E-state index contributed by atoms with van der Waals surface area (Å²) in [4.78, 5) is 12.9. The van der Waals surface area contributed by atoms with Crippen molar-refractivity contribution in [2.45, 2.75) is 18.5 Å². The molecule has 0 amide bonds. The van der Waals surface area contributed by atoms with E-state index < -0.39 is 28.9 Å². The lowest BCUT2D eigenvalue weighted by molar-refractivity contribution is -0.492. The Morgan fingerprint density at radius 1 is 1.11 bits per heavy atom. The molecule has 1 aromatic rings. The molecule has 2 rings (SSSR count). The van der Waals surface area contributed by atoms with E-state index in [4.69, 9.17) is 23.7 Å². The van der Waals surface area contributed by atoms with Crippen molar-refractivity contribution in [1.82, 2.24) is 0 Å². The van der Waals surface area contributed by atoms with E-state index in [0.29, 0.717) is 0 Å². The van der Waals surface area contributed by atoms with E-state index in [9.17, 15) is 10.1 Å². The van der Waals surface area contributed by atoms with Crippen LogP contribution in [0.5, 0.6) is 0 Å². The highest BCUT2D eigenvalue weighted by atomic mass is 16.8. The molecule has 27 heavy (non-hydrogen) atoms. The smallest absolute Gasteiger partial charge is 0.333 e. The quantitative estimate of drug-likeness (QED) is 0.509. The summed E-state index contributed by atoms with van der Waals surface area (Å²) in [6.45, 7) is 1.77. The van der Waals surface area contributed by atoms with Crippen LogP contribution in [0.25, 0.3) is 6.08 Å². The first kappa shape index (κ1) is 21.1. The molecule has 0 unspecified atom stereocenters. The van der Waals surface area contributed by atoms with Gasteiger partial charge in [-0.25, -0.2) is 0 Å². The summed E-state index contributed by atoms with van der Waals surface area (Å²) in [5.74, 6) is -4.94. The molecule has 0 saturated heterocycles. The fourth-order valence-corrected chi connectivity index (χ4v) is 3.92. The van der Waals surface area contributed by atoms with Gasteiger partial charge < -0.3 is 23.7 Å².